The molecule has 0 bridgehead atoms. The SMILES string of the molecule is CC(=O)[C@H]1CC[C@@H](n2nnnc2C(F)(F)F)CC1. The third-order valence-electron chi connectivity index (χ3n) is 3.36. The molecule has 1 saturated carbocycles. The molecule has 8 heteroatoms. The molecular weight excluding hydrogens is 249 g/mol. The molecule has 0 aliphatic heterocycles. The number of alkyl halides is 3. The molecule has 0 radical (unpaired) electrons. The van der Waals surface area contributed by atoms with Gasteiger partial charge < -0.3 is 0 Å². The first-order valence-electron chi connectivity index (χ1n) is 5.75. The van der Waals surface area contributed by atoms with E-state index >= 15 is 0 Å². The van der Waals surface area contributed by atoms with Gasteiger partial charge in [-0.1, -0.05) is 0 Å². The minimum atomic E-state index is -4.54. The van der Waals surface area contributed by atoms with E-state index in [1.54, 1.807) is 0 Å². The number of carbonyl (C=O) groups excluding carboxylic acids is 1. The molecule has 0 spiro atoms. The lowest BCUT2D eigenvalue weighted by Gasteiger charge is -2.27. The smallest absolute Gasteiger partial charge is 0.300 e. The van der Waals surface area contributed by atoms with Gasteiger partial charge in [-0.05, 0) is 43.0 Å². The first-order chi connectivity index (χ1) is 8.39. The van der Waals surface area contributed by atoms with E-state index in [1.165, 1.54) is 6.92 Å². The van der Waals surface area contributed by atoms with Crippen molar-refractivity contribution >= 4 is 5.78 Å². The standard InChI is InChI=1S/C10H13F3N4O/c1-6(18)7-2-4-8(5-3-7)17-9(10(11,12)13)14-15-16-17/h7-8H,2-5H2,1H3/t7-,8+. The molecule has 2 rings (SSSR count). The molecule has 0 amide bonds. The summed E-state index contributed by atoms with van der Waals surface area (Å²) in [7, 11) is 0. The number of nitrogens with zero attached hydrogens (tertiary/aromatic N) is 4. The van der Waals surface area contributed by atoms with E-state index < -0.39 is 12.0 Å². The summed E-state index contributed by atoms with van der Waals surface area (Å²) in [6.07, 6.45) is -2.36. The van der Waals surface area contributed by atoms with Crippen molar-refractivity contribution in [3.63, 3.8) is 0 Å². The minimum Gasteiger partial charge on any atom is -0.300 e. The van der Waals surface area contributed by atoms with Gasteiger partial charge in [-0.2, -0.15) is 13.2 Å². The van der Waals surface area contributed by atoms with Crippen molar-refractivity contribution in [2.45, 2.75) is 44.8 Å². The van der Waals surface area contributed by atoms with E-state index in [0.29, 0.717) is 25.7 Å². The van der Waals surface area contributed by atoms with Gasteiger partial charge >= 0.3 is 6.18 Å². The highest BCUT2D eigenvalue weighted by atomic mass is 19.4. The number of Topliss-reactive ketones (excluding diaryl/α,β-unsaturated/α-hetero) is 1. The maximum atomic E-state index is 12.6. The van der Waals surface area contributed by atoms with Crippen LogP contribution in [0.25, 0.3) is 0 Å². The Labute approximate surface area is 101 Å². The Morgan fingerprint density at radius 1 is 1.28 bits per heavy atom. The van der Waals surface area contributed by atoms with Gasteiger partial charge in [0.25, 0.3) is 5.82 Å². The summed E-state index contributed by atoms with van der Waals surface area (Å²) in [6.45, 7) is 1.52. The number of halogens is 3. The van der Waals surface area contributed by atoms with E-state index in [0.717, 1.165) is 4.68 Å². The summed E-state index contributed by atoms with van der Waals surface area (Å²) in [6, 6.07) is -0.368. The van der Waals surface area contributed by atoms with Gasteiger partial charge in [-0.25, -0.2) is 4.68 Å². The zero-order valence-corrected chi connectivity index (χ0v) is 9.81. The maximum absolute atomic E-state index is 12.6. The zero-order chi connectivity index (χ0) is 13.3. The van der Waals surface area contributed by atoms with E-state index in [1.807, 2.05) is 0 Å². The Hall–Kier alpha value is -1.47. The fraction of sp³-hybridized carbons (Fsp3) is 0.800. The Morgan fingerprint density at radius 3 is 2.39 bits per heavy atom. The van der Waals surface area contributed by atoms with Gasteiger partial charge in [0.15, 0.2) is 0 Å². The molecule has 0 atom stereocenters. The van der Waals surface area contributed by atoms with Crippen molar-refractivity contribution in [2.24, 2.45) is 5.92 Å². The summed E-state index contributed by atoms with van der Waals surface area (Å²) in [5.41, 5.74) is 0. The number of ketones is 1. The average molecular weight is 262 g/mol. The summed E-state index contributed by atoms with van der Waals surface area (Å²) in [4.78, 5) is 11.2. The summed E-state index contributed by atoms with van der Waals surface area (Å²) < 4.78 is 38.7. The molecule has 0 saturated heterocycles. The zero-order valence-electron chi connectivity index (χ0n) is 9.81. The van der Waals surface area contributed by atoms with Crippen LogP contribution in [-0.4, -0.2) is 26.0 Å². The lowest BCUT2D eigenvalue weighted by atomic mass is 9.84. The number of aromatic nitrogens is 4. The van der Waals surface area contributed by atoms with Crippen molar-refractivity contribution in [1.82, 2.24) is 20.2 Å². The van der Waals surface area contributed by atoms with Gasteiger partial charge in [0.1, 0.15) is 5.78 Å². The average Bonchev–Trinajstić information content (AvgIpc) is 2.77. The number of rotatable bonds is 2. The summed E-state index contributed by atoms with van der Waals surface area (Å²) in [5, 5.41) is 9.55. The van der Waals surface area contributed by atoms with Gasteiger partial charge in [0, 0.05) is 5.92 Å². The third kappa shape index (κ3) is 2.51. The molecule has 1 fully saturated rings. The van der Waals surface area contributed by atoms with Crippen LogP contribution in [0.2, 0.25) is 0 Å². The van der Waals surface area contributed by atoms with Gasteiger partial charge in [0.2, 0.25) is 0 Å². The molecule has 0 unspecified atom stereocenters. The summed E-state index contributed by atoms with van der Waals surface area (Å²) >= 11 is 0. The predicted molar refractivity (Wildman–Crippen MR) is 54.5 cm³/mol. The topological polar surface area (TPSA) is 60.7 Å². The molecule has 0 aromatic carbocycles. The number of tetrazole rings is 1. The van der Waals surface area contributed by atoms with Crippen LogP contribution in [0.15, 0.2) is 0 Å². The highest BCUT2D eigenvalue weighted by Gasteiger charge is 2.40. The van der Waals surface area contributed by atoms with Crippen LogP contribution in [0.1, 0.15) is 44.5 Å². The highest BCUT2D eigenvalue weighted by Crippen LogP contribution is 2.35. The second-order valence-electron chi connectivity index (χ2n) is 4.56. The van der Waals surface area contributed by atoms with E-state index in [2.05, 4.69) is 15.5 Å². The lowest BCUT2D eigenvalue weighted by molar-refractivity contribution is -0.149. The van der Waals surface area contributed by atoms with Crippen molar-refractivity contribution in [3.05, 3.63) is 5.82 Å². The van der Waals surface area contributed by atoms with Crippen molar-refractivity contribution in [3.8, 4) is 0 Å². The van der Waals surface area contributed by atoms with Crippen LogP contribution >= 0.6 is 0 Å². The Kier molecular flexibility index (Phi) is 3.36. The van der Waals surface area contributed by atoms with Crippen LogP contribution in [0.5, 0.6) is 0 Å². The highest BCUT2D eigenvalue weighted by molar-refractivity contribution is 5.78. The van der Waals surface area contributed by atoms with E-state index in [4.69, 9.17) is 0 Å². The monoisotopic (exact) mass is 262 g/mol. The number of hydrogen-bond acceptors (Lipinski definition) is 4. The molecule has 1 aliphatic carbocycles. The van der Waals surface area contributed by atoms with E-state index in [-0.39, 0.29) is 17.7 Å². The predicted octanol–water partition coefficient (Wildman–Crippen LogP) is 2.01. The van der Waals surface area contributed by atoms with Crippen LogP contribution in [0.3, 0.4) is 0 Å². The Bertz CT molecular complexity index is 435. The molecule has 1 aromatic heterocycles. The minimum absolute atomic E-state index is 0.0351. The molecule has 5 nitrogen and oxygen atoms in total. The van der Waals surface area contributed by atoms with Crippen molar-refractivity contribution in [1.29, 1.82) is 0 Å². The number of carbonyl (C=O) groups is 1. The third-order valence-corrected chi connectivity index (χ3v) is 3.36. The first-order valence-corrected chi connectivity index (χ1v) is 5.75. The fourth-order valence-corrected chi connectivity index (χ4v) is 2.35. The molecular formula is C10H13F3N4O. The van der Waals surface area contributed by atoms with Crippen LogP contribution in [0, 0.1) is 5.92 Å². The van der Waals surface area contributed by atoms with Crippen molar-refractivity contribution in [2.75, 3.05) is 0 Å². The van der Waals surface area contributed by atoms with Gasteiger partial charge in [-0.15, -0.1) is 5.10 Å². The Morgan fingerprint density at radius 2 is 1.89 bits per heavy atom. The maximum Gasteiger partial charge on any atom is 0.453 e. The second kappa shape index (κ2) is 4.66. The summed E-state index contributed by atoms with van der Waals surface area (Å²) in [5.74, 6) is -0.998. The van der Waals surface area contributed by atoms with Crippen LogP contribution in [-0.2, 0) is 11.0 Å². The molecule has 1 heterocycles. The van der Waals surface area contributed by atoms with E-state index in [9.17, 15) is 18.0 Å². The van der Waals surface area contributed by atoms with Crippen molar-refractivity contribution < 1.29 is 18.0 Å². The number of hydrogen-bond donors (Lipinski definition) is 0. The fourth-order valence-electron chi connectivity index (χ4n) is 2.35. The van der Waals surface area contributed by atoms with Crippen LogP contribution < -0.4 is 0 Å². The van der Waals surface area contributed by atoms with Crippen LogP contribution in [0.4, 0.5) is 13.2 Å². The van der Waals surface area contributed by atoms with Gasteiger partial charge in [0.05, 0.1) is 6.04 Å². The normalized spacial score (nSPS) is 25.1. The molecule has 1 aromatic rings. The largest absolute Gasteiger partial charge is 0.453 e. The second-order valence-corrected chi connectivity index (χ2v) is 4.56. The quantitative estimate of drug-likeness (QED) is 0.818. The molecule has 18 heavy (non-hydrogen) atoms. The first kappa shape index (κ1) is 13.0. The van der Waals surface area contributed by atoms with Gasteiger partial charge in [-0.3, -0.25) is 4.79 Å². The molecule has 100 valence electrons. The lowest BCUT2D eigenvalue weighted by Crippen LogP contribution is -2.26. The molecule has 0 N–H and O–H groups in total. The Balaban J connectivity index is 2.11. The molecule has 1 aliphatic rings.